The Kier molecular flexibility index (Phi) is 13.8. The second-order valence-corrected chi connectivity index (χ2v) is 12.4. The highest BCUT2D eigenvalue weighted by molar-refractivity contribution is 5.97. The second-order valence-electron chi connectivity index (χ2n) is 12.4. The number of aliphatic hydroxyl groups is 1. The highest BCUT2D eigenvalue weighted by atomic mass is 16.5. The molecule has 0 heterocycles. The van der Waals surface area contributed by atoms with E-state index in [9.17, 15) is 15.2 Å². The molecule has 0 bridgehead atoms. The second kappa shape index (κ2) is 16.6. The van der Waals surface area contributed by atoms with Crippen molar-refractivity contribution >= 4 is 5.91 Å². The van der Waals surface area contributed by atoms with Gasteiger partial charge in [-0.2, -0.15) is 5.26 Å². The molecule has 9 heteroatoms. The first kappa shape index (κ1) is 36.7. The van der Waals surface area contributed by atoms with Crippen molar-refractivity contribution in [3.8, 4) is 29.1 Å². The third kappa shape index (κ3) is 8.80. The number of nitrogens with one attached hydrogen (secondary N) is 1. The number of ether oxygens (including phenoxy) is 4. The Morgan fingerprint density at radius 2 is 1.55 bits per heavy atom. The van der Waals surface area contributed by atoms with Crippen LogP contribution in [-0.2, 0) is 11.8 Å². The summed E-state index contributed by atoms with van der Waals surface area (Å²) in [6.45, 7) is 14.0. The van der Waals surface area contributed by atoms with Gasteiger partial charge in [0.2, 0.25) is 0 Å². The average molecular weight is 612 g/mol. The number of amides is 1. The van der Waals surface area contributed by atoms with Crippen LogP contribution in [0.4, 0.5) is 0 Å². The molecule has 2 aromatic rings. The summed E-state index contributed by atoms with van der Waals surface area (Å²) in [7, 11) is 6.29. The van der Waals surface area contributed by atoms with Crippen molar-refractivity contribution < 1.29 is 28.8 Å². The van der Waals surface area contributed by atoms with Crippen LogP contribution in [-0.4, -0.2) is 75.6 Å². The third-order valence-corrected chi connectivity index (χ3v) is 8.21. The minimum absolute atomic E-state index is 0.0394. The number of rotatable bonds is 17. The van der Waals surface area contributed by atoms with Crippen molar-refractivity contribution in [3.63, 3.8) is 0 Å². The predicted molar refractivity (Wildman–Crippen MR) is 174 cm³/mol. The summed E-state index contributed by atoms with van der Waals surface area (Å²) in [5.41, 5.74) is 1.02. The van der Waals surface area contributed by atoms with Crippen LogP contribution in [0.2, 0.25) is 0 Å². The van der Waals surface area contributed by atoms with Gasteiger partial charge >= 0.3 is 0 Å². The smallest absolute Gasteiger partial charge is 0.254 e. The first-order chi connectivity index (χ1) is 20.8. The summed E-state index contributed by atoms with van der Waals surface area (Å²) < 4.78 is 21.9. The van der Waals surface area contributed by atoms with Crippen molar-refractivity contribution in [1.82, 2.24) is 10.2 Å². The zero-order valence-corrected chi connectivity index (χ0v) is 28.4. The molecule has 44 heavy (non-hydrogen) atoms. The van der Waals surface area contributed by atoms with E-state index in [2.05, 4.69) is 18.3 Å². The summed E-state index contributed by atoms with van der Waals surface area (Å²) in [4.78, 5) is 15.7. The molecule has 0 spiro atoms. The maximum Gasteiger partial charge on any atom is 0.254 e. The lowest BCUT2D eigenvalue weighted by atomic mass is 9.69. The monoisotopic (exact) mass is 611 g/mol. The molecule has 0 aliphatic rings. The van der Waals surface area contributed by atoms with Gasteiger partial charge in [-0.15, -0.1) is 0 Å². The van der Waals surface area contributed by atoms with Crippen molar-refractivity contribution in [1.29, 1.82) is 5.26 Å². The Balaban J connectivity index is 2.16. The molecule has 2 aromatic carbocycles. The van der Waals surface area contributed by atoms with E-state index in [-0.39, 0.29) is 23.8 Å². The van der Waals surface area contributed by atoms with Crippen LogP contribution in [0.15, 0.2) is 30.3 Å². The normalized spacial score (nSPS) is 13.5. The van der Waals surface area contributed by atoms with E-state index in [0.717, 1.165) is 17.5 Å². The molecule has 2 N–H and O–H groups in total. The molecule has 0 saturated heterocycles. The van der Waals surface area contributed by atoms with Gasteiger partial charge in [0.15, 0.2) is 23.0 Å². The molecule has 0 aromatic heterocycles. The van der Waals surface area contributed by atoms with Gasteiger partial charge in [-0.05, 0) is 101 Å². The first-order valence-corrected chi connectivity index (χ1v) is 15.4. The molecule has 9 nitrogen and oxygen atoms in total. The molecular formula is C35H53N3O6. The van der Waals surface area contributed by atoms with Crippen LogP contribution in [0.3, 0.4) is 0 Å². The van der Waals surface area contributed by atoms with E-state index in [1.807, 2.05) is 57.7 Å². The predicted octanol–water partition coefficient (Wildman–Crippen LogP) is 5.76. The molecule has 1 amide bonds. The zero-order chi connectivity index (χ0) is 33.1. The maximum absolute atomic E-state index is 13.8. The summed E-state index contributed by atoms with van der Waals surface area (Å²) in [6, 6.07) is 11.7. The highest BCUT2D eigenvalue weighted by Crippen LogP contribution is 2.41. The maximum atomic E-state index is 13.8. The van der Waals surface area contributed by atoms with Crippen LogP contribution >= 0.6 is 0 Å². The van der Waals surface area contributed by atoms with Gasteiger partial charge in [-0.25, -0.2) is 0 Å². The Morgan fingerprint density at radius 1 is 0.955 bits per heavy atom. The van der Waals surface area contributed by atoms with E-state index in [4.69, 9.17) is 18.9 Å². The largest absolute Gasteiger partial charge is 0.493 e. The van der Waals surface area contributed by atoms with Gasteiger partial charge in [-0.1, -0.05) is 26.8 Å². The quantitative estimate of drug-likeness (QED) is 0.217. The summed E-state index contributed by atoms with van der Waals surface area (Å²) >= 11 is 0. The fourth-order valence-electron chi connectivity index (χ4n) is 5.57. The fourth-order valence-corrected chi connectivity index (χ4v) is 5.57. The SMILES string of the molecule is CCCN(C(=O)c1cc(OC)c(OC)cc1CCNCCC(O)CC(C#N)(c1ccc(OC)c(OC)c1)C(C)C)C(C)(C)C. The summed E-state index contributed by atoms with van der Waals surface area (Å²) in [5.74, 6) is 2.14. The number of carbonyl (C=O) groups is 1. The molecule has 2 rings (SSSR count). The van der Waals surface area contributed by atoms with Crippen LogP contribution in [0, 0.1) is 17.2 Å². The van der Waals surface area contributed by atoms with Gasteiger partial charge < -0.3 is 34.3 Å². The summed E-state index contributed by atoms with van der Waals surface area (Å²) in [5, 5.41) is 24.8. The Hall–Kier alpha value is -3.48. The van der Waals surface area contributed by atoms with Gasteiger partial charge in [-0.3, -0.25) is 4.79 Å². The van der Waals surface area contributed by atoms with E-state index >= 15 is 0 Å². The molecule has 2 atom stereocenters. The van der Waals surface area contributed by atoms with E-state index in [1.165, 1.54) is 0 Å². The van der Waals surface area contributed by atoms with Crippen molar-refractivity contribution in [3.05, 3.63) is 47.0 Å². The molecule has 0 aliphatic carbocycles. The summed E-state index contributed by atoms with van der Waals surface area (Å²) in [6.07, 6.45) is 1.49. The fraction of sp³-hybridized carbons (Fsp3) is 0.600. The minimum Gasteiger partial charge on any atom is -0.493 e. The first-order valence-electron chi connectivity index (χ1n) is 15.4. The average Bonchev–Trinajstić information content (AvgIpc) is 3.00. The standard InChI is InChI=1S/C35H53N3O6/c1-11-18-38(34(4,5)6)33(40)28-21-32(44-10)30(42-8)19-25(28)14-16-37-17-15-27(39)22-35(23-36,24(2)3)26-12-13-29(41-7)31(20-26)43-9/h12-13,19-21,24,27,37,39H,11,14-18,22H2,1-10H3. The number of methoxy groups -OCH3 is 4. The van der Waals surface area contributed by atoms with Gasteiger partial charge in [0.05, 0.1) is 46.0 Å². The number of aliphatic hydroxyl groups excluding tert-OH is 1. The molecule has 244 valence electrons. The minimum atomic E-state index is -0.898. The highest BCUT2D eigenvalue weighted by Gasteiger charge is 2.38. The van der Waals surface area contributed by atoms with Crippen molar-refractivity contribution in [2.45, 2.75) is 84.3 Å². The Labute approximate surface area is 264 Å². The molecule has 0 fully saturated rings. The lowest BCUT2D eigenvalue weighted by Gasteiger charge is -2.36. The molecule has 0 aliphatic heterocycles. The molecular weight excluding hydrogens is 558 g/mol. The van der Waals surface area contributed by atoms with Crippen molar-refractivity contribution in [2.24, 2.45) is 5.92 Å². The Morgan fingerprint density at radius 3 is 2.07 bits per heavy atom. The number of nitrogens with zero attached hydrogens (tertiary/aromatic N) is 2. The number of carbonyl (C=O) groups excluding carboxylic acids is 1. The zero-order valence-electron chi connectivity index (χ0n) is 28.4. The molecule has 2 unspecified atom stereocenters. The van der Waals surface area contributed by atoms with Crippen LogP contribution < -0.4 is 24.3 Å². The van der Waals surface area contributed by atoms with E-state index < -0.39 is 11.5 Å². The van der Waals surface area contributed by atoms with Crippen LogP contribution in [0.5, 0.6) is 23.0 Å². The van der Waals surface area contributed by atoms with Gasteiger partial charge in [0.25, 0.3) is 5.91 Å². The Bertz CT molecular complexity index is 1270. The van der Waals surface area contributed by atoms with E-state index in [0.29, 0.717) is 61.0 Å². The topological polar surface area (TPSA) is 113 Å². The molecule has 0 radical (unpaired) electrons. The van der Waals surface area contributed by atoms with E-state index in [1.54, 1.807) is 40.6 Å². The van der Waals surface area contributed by atoms with Crippen molar-refractivity contribution in [2.75, 3.05) is 48.1 Å². The number of hydrogen-bond donors (Lipinski definition) is 2. The molecule has 0 saturated carbocycles. The number of nitriles is 1. The van der Waals surface area contributed by atoms with Gasteiger partial charge in [0.1, 0.15) is 0 Å². The van der Waals surface area contributed by atoms with Crippen LogP contribution in [0.25, 0.3) is 0 Å². The lowest BCUT2D eigenvalue weighted by Crippen LogP contribution is -2.46. The van der Waals surface area contributed by atoms with Crippen LogP contribution in [0.1, 0.15) is 82.3 Å². The van der Waals surface area contributed by atoms with Gasteiger partial charge in [0, 0.05) is 17.6 Å². The number of benzene rings is 2. The number of hydrogen-bond acceptors (Lipinski definition) is 8. The third-order valence-electron chi connectivity index (χ3n) is 8.21. The lowest BCUT2D eigenvalue weighted by molar-refractivity contribution is 0.0581.